The van der Waals surface area contributed by atoms with Crippen LogP contribution in [0.15, 0.2) is 0 Å². The van der Waals surface area contributed by atoms with Gasteiger partial charge in [-0.3, -0.25) is 19.3 Å². The van der Waals surface area contributed by atoms with Crippen LogP contribution in [0.4, 0.5) is 0 Å². The molecule has 1 unspecified atom stereocenters. The van der Waals surface area contributed by atoms with Gasteiger partial charge < -0.3 is 20.1 Å². The summed E-state index contributed by atoms with van der Waals surface area (Å²) in [6.45, 7) is 7.94. The van der Waals surface area contributed by atoms with Gasteiger partial charge >= 0.3 is 0 Å². The second-order valence-corrected chi connectivity index (χ2v) is 5.67. The third-order valence-corrected chi connectivity index (χ3v) is 3.65. The normalized spacial score (nSPS) is 17.6. The molecule has 138 valence electrons. The summed E-state index contributed by atoms with van der Waals surface area (Å²) < 4.78 is 10.6. The van der Waals surface area contributed by atoms with Gasteiger partial charge in [0.1, 0.15) is 0 Å². The van der Waals surface area contributed by atoms with Crippen molar-refractivity contribution in [2.45, 2.75) is 26.7 Å². The first-order valence-corrected chi connectivity index (χ1v) is 8.53. The summed E-state index contributed by atoms with van der Waals surface area (Å²) >= 11 is 0. The quantitative estimate of drug-likeness (QED) is 0.347. The Morgan fingerprint density at radius 2 is 1.88 bits per heavy atom. The number of carbonyl (C=O) groups is 3. The Kier molecular flexibility index (Phi) is 10.2. The summed E-state index contributed by atoms with van der Waals surface area (Å²) in [4.78, 5) is 36.1. The van der Waals surface area contributed by atoms with Crippen molar-refractivity contribution in [2.24, 2.45) is 5.92 Å². The van der Waals surface area contributed by atoms with Gasteiger partial charge in [0.2, 0.25) is 17.7 Å². The Balaban J connectivity index is 1.95. The standard InChI is InChI=1S/C16H29N3O5/c1-3-17-6-9-24-11-10-23-8-4-14(20)18-5-7-19-15(21)12-13(2)16(19)22/h13,17H,3-12H2,1-2H3,(H,18,20). The minimum Gasteiger partial charge on any atom is -0.379 e. The zero-order chi connectivity index (χ0) is 17.8. The van der Waals surface area contributed by atoms with E-state index in [4.69, 9.17) is 9.47 Å². The number of hydrogen-bond acceptors (Lipinski definition) is 6. The summed E-state index contributed by atoms with van der Waals surface area (Å²) in [5, 5.41) is 5.83. The third kappa shape index (κ3) is 7.85. The van der Waals surface area contributed by atoms with Crippen molar-refractivity contribution in [2.75, 3.05) is 52.6 Å². The van der Waals surface area contributed by atoms with Crippen LogP contribution in [0.2, 0.25) is 0 Å². The first kappa shape index (κ1) is 20.5. The fraction of sp³-hybridized carbons (Fsp3) is 0.812. The summed E-state index contributed by atoms with van der Waals surface area (Å²) in [5.74, 6) is -0.734. The fourth-order valence-electron chi connectivity index (χ4n) is 2.29. The van der Waals surface area contributed by atoms with Gasteiger partial charge in [0.25, 0.3) is 0 Å². The van der Waals surface area contributed by atoms with Crippen molar-refractivity contribution in [3.05, 3.63) is 0 Å². The summed E-state index contributed by atoms with van der Waals surface area (Å²) in [5.41, 5.74) is 0. The molecule has 1 atom stereocenters. The molecule has 0 aromatic carbocycles. The zero-order valence-corrected chi connectivity index (χ0v) is 14.6. The van der Waals surface area contributed by atoms with Gasteiger partial charge in [-0.25, -0.2) is 0 Å². The van der Waals surface area contributed by atoms with Crippen LogP contribution in [0.1, 0.15) is 26.7 Å². The number of rotatable bonds is 13. The Bertz CT molecular complexity index is 417. The van der Waals surface area contributed by atoms with Gasteiger partial charge in [0.05, 0.1) is 26.4 Å². The second kappa shape index (κ2) is 11.9. The highest BCUT2D eigenvalue weighted by molar-refractivity contribution is 6.03. The van der Waals surface area contributed by atoms with Crippen molar-refractivity contribution >= 4 is 17.7 Å². The van der Waals surface area contributed by atoms with Crippen LogP contribution in [0.5, 0.6) is 0 Å². The molecule has 0 bridgehead atoms. The van der Waals surface area contributed by atoms with Crippen molar-refractivity contribution in [3.8, 4) is 0 Å². The number of imide groups is 1. The number of nitrogens with zero attached hydrogens (tertiary/aromatic N) is 1. The molecule has 1 rings (SSSR count). The van der Waals surface area contributed by atoms with E-state index in [0.717, 1.165) is 13.1 Å². The Labute approximate surface area is 143 Å². The largest absolute Gasteiger partial charge is 0.379 e. The van der Waals surface area contributed by atoms with Crippen LogP contribution in [0.25, 0.3) is 0 Å². The van der Waals surface area contributed by atoms with Crippen LogP contribution in [0.3, 0.4) is 0 Å². The average Bonchev–Trinajstić information content (AvgIpc) is 2.79. The van der Waals surface area contributed by atoms with E-state index in [1.54, 1.807) is 6.92 Å². The molecule has 0 spiro atoms. The molecule has 8 heteroatoms. The lowest BCUT2D eigenvalue weighted by molar-refractivity contribution is -0.139. The molecule has 0 aromatic heterocycles. The number of likely N-dealkylation sites (tertiary alicyclic amines) is 1. The molecule has 1 aliphatic rings. The highest BCUT2D eigenvalue weighted by Gasteiger charge is 2.34. The van der Waals surface area contributed by atoms with Crippen molar-refractivity contribution in [3.63, 3.8) is 0 Å². The van der Waals surface area contributed by atoms with Gasteiger partial charge in [0.15, 0.2) is 0 Å². The van der Waals surface area contributed by atoms with E-state index in [1.165, 1.54) is 4.90 Å². The molecule has 0 aliphatic carbocycles. The SMILES string of the molecule is CCNCCOCCOCCC(=O)NCCN1C(=O)CC(C)C1=O. The molecule has 0 radical (unpaired) electrons. The fourth-order valence-corrected chi connectivity index (χ4v) is 2.29. The summed E-state index contributed by atoms with van der Waals surface area (Å²) in [7, 11) is 0. The highest BCUT2D eigenvalue weighted by Crippen LogP contribution is 2.17. The molecular weight excluding hydrogens is 314 g/mol. The smallest absolute Gasteiger partial charge is 0.232 e. The molecule has 0 saturated carbocycles. The predicted octanol–water partition coefficient (Wildman–Crippen LogP) is -0.470. The van der Waals surface area contributed by atoms with Crippen molar-refractivity contribution in [1.29, 1.82) is 0 Å². The monoisotopic (exact) mass is 343 g/mol. The maximum Gasteiger partial charge on any atom is 0.232 e. The van der Waals surface area contributed by atoms with E-state index in [0.29, 0.717) is 26.4 Å². The number of hydrogen-bond donors (Lipinski definition) is 2. The van der Waals surface area contributed by atoms with Gasteiger partial charge in [-0.1, -0.05) is 13.8 Å². The number of amides is 3. The minimum absolute atomic E-state index is 0.157. The maximum absolute atomic E-state index is 11.7. The molecule has 1 saturated heterocycles. The predicted molar refractivity (Wildman–Crippen MR) is 88.3 cm³/mol. The number of ether oxygens (including phenoxy) is 2. The average molecular weight is 343 g/mol. The summed E-state index contributed by atoms with van der Waals surface area (Å²) in [6.07, 6.45) is 0.507. The summed E-state index contributed by atoms with van der Waals surface area (Å²) in [6, 6.07) is 0. The lowest BCUT2D eigenvalue weighted by Crippen LogP contribution is -2.38. The van der Waals surface area contributed by atoms with E-state index in [-0.39, 0.29) is 49.6 Å². The van der Waals surface area contributed by atoms with Crippen LogP contribution in [-0.4, -0.2) is 75.2 Å². The van der Waals surface area contributed by atoms with Crippen LogP contribution >= 0.6 is 0 Å². The van der Waals surface area contributed by atoms with Crippen LogP contribution < -0.4 is 10.6 Å². The van der Waals surface area contributed by atoms with E-state index >= 15 is 0 Å². The molecule has 1 heterocycles. The second-order valence-electron chi connectivity index (χ2n) is 5.67. The molecular formula is C16H29N3O5. The molecule has 0 aromatic rings. The van der Waals surface area contributed by atoms with Crippen LogP contribution in [-0.2, 0) is 23.9 Å². The molecule has 2 N–H and O–H groups in total. The van der Waals surface area contributed by atoms with E-state index in [1.807, 2.05) is 6.92 Å². The highest BCUT2D eigenvalue weighted by atomic mass is 16.5. The van der Waals surface area contributed by atoms with E-state index < -0.39 is 0 Å². The van der Waals surface area contributed by atoms with Crippen molar-refractivity contribution < 1.29 is 23.9 Å². The number of carbonyl (C=O) groups excluding carboxylic acids is 3. The first-order chi connectivity index (χ1) is 11.6. The lowest BCUT2D eigenvalue weighted by Gasteiger charge is -2.14. The Morgan fingerprint density at radius 3 is 2.50 bits per heavy atom. The third-order valence-electron chi connectivity index (χ3n) is 3.65. The first-order valence-electron chi connectivity index (χ1n) is 8.53. The lowest BCUT2D eigenvalue weighted by atomic mass is 10.1. The van der Waals surface area contributed by atoms with Gasteiger partial charge in [-0.05, 0) is 6.54 Å². The number of likely N-dealkylation sites (N-methyl/N-ethyl adjacent to an activating group) is 1. The molecule has 1 fully saturated rings. The molecule has 3 amide bonds. The molecule has 24 heavy (non-hydrogen) atoms. The van der Waals surface area contributed by atoms with Gasteiger partial charge in [-0.15, -0.1) is 0 Å². The van der Waals surface area contributed by atoms with Crippen LogP contribution in [0, 0.1) is 5.92 Å². The Morgan fingerprint density at radius 1 is 1.17 bits per heavy atom. The van der Waals surface area contributed by atoms with E-state index in [2.05, 4.69) is 10.6 Å². The molecule has 8 nitrogen and oxygen atoms in total. The van der Waals surface area contributed by atoms with E-state index in [9.17, 15) is 14.4 Å². The Hall–Kier alpha value is -1.51. The minimum atomic E-state index is -0.249. The number of nitrogens with one attached hydrogen (secondary N) is 2. The van der Waals surface area contributed by atoms with Crippen molar-refractivity contribution in [1.82, 2.24) is 15.5 Å². The molecule has 1 aliphatic heterocycles. The maximum atomic E-state index is 11.7. The van der Waals surface area contributed by atoms with Gasteiger partial charge in [-0.2, -0.15) is 0 Å². The zero-order valence-electron chi connectivity index (χ0n) is 14.6. The van der Waals surface area contributed by atoms with Gasteiger partial charge in [0, 0.05) is 38.4 Å². The topological polar surface area (TPSA) is 97.0 Å².